The van der Waals surface area contributed by atoms with Crippen LogP contribution in [-0.4, -0.2) is 27.6 Å². The molecule has 6 nitrogen and oxygen atoms in total. The van der Waals surface area contributed by atoms with Crippen LogP contribution >= 0.6 is 0 Å². The summed E-state index contributed by atoms with van der Waals surface area (Å²) in [6.07, 6.45) is 8.29. The molecular formula is C26H33N5O. The van der Waals surface area contributed by atoms with E-state index in [0.717, 1.165) is 66.8 Å². The fourth-order valence-electron chi connectivity index (χ4n) is 4.13. The number of aromatic nitrogens is 3. The van der Waals surface area contributed by atoms with E-state index in [4.69, 9.17) is 15.5 Å². The molecule has 3 aromatic rings. The van der Waals surface area contributed by atoms with Crippen molar-refractivity contribution in [3.8, 4) is 11.8 Å². The van der Waals surface area contributed by atoms with Crippen LogP contribution < -0.4 is 11.1 Å². The van der Waals surface area contributed by atoms with E-state index in [1.807, 2.05) is 29.0 Å². The molecule has 1 aliphatic rings. The van der Waals surface area contributed by atoms with E-state index in [1.54, 1.807) is 0 Å². The Morgan fingerprint density at radius 3 is 2.78 bits per heavy atom. The lowest BCUT2D eigenvalue weighted by atomic mass is 9.95. The summed E-state index contributed by atoms with van der Waals surface area (Å²) in [5.41, 5.74) is 10.1. The number of unbranched alkanes of at least 4 members (excludes halogenated alkanes) is 1. The van der Waals surface area contributed by atoms with Crippen LogP contribution in [0.15, 0.2) is 36.5 Å². The number of aryl methyl sites for hydroxylation is 1. The van der Waals surface area contributed by atoms with Crippen LogP contribution in [-0.2, 0) is 24.5 Å². The number of benzene rings is 1. The van der Waals surface area contributed by atoms with Gasteiger partial charge in [-0.3, -0.25) is 0 Å². The number of rotatable bonds is 8. The molecular weight excluding hydrogens is 398 g/mol. The lowest BCUT2D eigenvalue weighted by Gasteiger charge is -2.20. The molecule has 0 unspecified atom stereocenters. The predicted octanol–water partition coefficient (Wildman–Crippen LogP) is 4.27. The average Bonchev–Trinajstić information content (AvgIpc) is 3.17. The van der Waals surface area contributed by atoms with Crippen molar-refractivity contribution in [1.82, 2.24) is 19.9 Å². The summed E-state index contributed by atoms with van der Waals surface area (Å²) < 4.78 is 7.97. The smallest absolute Gasteiger partial charge is 0.151 e. The lowest BCUT2D eigenvalue weighted by Crippen LogP contribution is -2.27. The number of hydrogen-bond acceptors (Lipinski definition) is 5. The second-order valence-electron chi connectivity index (χ2n) is 8.50. The normalized spacial score (nSPS) is 14.4. The van der Waals surface area contributed by atoms with Gasteiger partial charge in [-0.25, -0.2) is 9.97 Å². The summed E-state index contributed by atoms with van der Waals surface area (Å²) in [4.78, 5) is 9.41. The summed E-state index contributed by atoms with van der Waals surface area (Å²) in [6, 6.07) is 10.2. The van der Waals surface area contributed by atoms with Crippen molar-refractivity contribution in [2.75, 3.05) is 18.8 Å². The number of fused-ring (bicyclic) bond motifs is 1. The Labute approximate surface area is 190 Å². The number of hydrogen-bond donors (Lipinski definition) is 2. The Morgan fingerprint density at radius 2 is 2.00 bits per heavy atom. The second kappa shape index (κ2) is 11.1. The first-order chi connectivity index (χ1) is 15.7. The van der Waals surface area contributed by atoms with Crippen molar-refractivity contribution < 1.29 is 4.74 Å². The molecule has 4 rings (SSSR count). The summed E-state index contributed by atoms with van der Waals surface area (Å²) in [5.74, 6) is 8.75. The largest absolute Gasteiger partial charge is 0.382 e. The van der Waals surface area contributed by atoms with Gasteiger partial charge in [-0.2, -0.15) is 0 Å². The Bertz CT molecular complexity index is 1070. The quantitative estimate of drug-likeness (QED) is 0.521. The van der Waals surface area contributed by atoms with Gasteiger partial charge >= 0.3 is 0 Å². The Kier molecular flexibility index (Phi) is 7.76. The summed E-state index contributed by atoms with van der Waals surface area (Å²) in [6.45, 7) is 5.26. The molecule has 0 bridgehead atoms. The van der Waals surface area contributed by atoms with Crippen molar-refractivity contribution in [3.63, 3.8) is 0 Å². The molecule has 6 heteroatoms. The molecule has 0 radical (unpaired) electrons. The summed E-state index contributed by atoms with van der Waals surface area (Å²) in [7, 11) is 0. The first kappa shape index (κ1) is 22.3. The first-order valence-corrected chi connectivity index (χ1v) is 11.7. The molecule has 3 heterocycles. The topological polar surface area (TPSA) is 78.0 Å². The molecule has 1 aromatic carbocycles. The number of ether oxygens (including phenoxy) is 1. The first-order valence-electron chi connectivity index (χ1n) is 11.7. The minimum atomic E-state index is 0.378. The second-order valence-corrected chi connectivity index (χ2v) is 8.50. The van der Waals surface area contributed by atoms with Gasteiger partial charge in [0.2, 0.25) is 0 Å². The molecule has 0 saturated carbocycles. The van der Waals surface area contributed by atoms with Crippen LogP contribution in [0.1, 0.15) is 56.0 Å². The minimum absolute atomic E-state index is 0.378. The SMILES string of the molecule is CCCCc1nc(N)c2c(n1)c(C#CCC1CCNCC1)cn2COCc1ccccc1. The molecule has 1 aliphatic heterocycles. The van der Waals surface area contributed by atoms with Gasteiger partial charge in [0, 0.05) is 19.0 Å². The standard InChI is InChI=1S/C26H33N5O/c1-2-3-12-23-29-24-22(11-7-10-20-13-15-28-16-14-20)17-31(25(24)26(27)30-23)19-32-18-21-8-5-4-6-9-21/h4-6,8-9,17,20,28H,2-3,10,12-16,18-19H2,1H3,(H2,27,29,30). The third-order valence-electron chi connectivity index (χ3n) is 5.95. The van der Waals surface area contributed by atoms with E-state index in [9.17, 15) is 0 Å². The van der Waals surface area contributed by atoms with Crippen LogP contribution in [0.4, 0.5) is 5.82 Å². The highest BCUT2D eigenvalue weighted by molar-refractivity contribution is 5.90. The van der Waals surface area contributed by atoms with Gasteiger partial charge in [-0.1, -0.05) is 55.5 Å². The van der Waals surface area contributed by atoms with Gasteiger partial charge in [-0.15, -0.1) is 0 Å². The fraction of sp³-hybridized carbons (Fsp3) is 0.462. The maximum Gasteiger partial charge on any atom is 0.151 e. The summed E-state index contributed by atoms with van der Waals surface area (Å²) >= 11 is 0. The third-order valence-corrected chi connectivity index (χ3v) is 5.95. The van der Waals surface area contributed by atoms with Crippen LogP contribution in [0.2, 0.25) is 0 Å². The van der Waals surface area contributed by atoms with Crippen molar-refractivity contribution in [1.29, 1.82) is 0 Å². The molecule has 0 amide bonds. The van der Waals surface area contributed by atoms with Gasteiger partial charge in [0.1, 0.15) is 23.6 Å². The van der Waals surface area contributed by atoms with Crippen LogP contribution in [0.3, 0.4) is 0 Å². The Hall–Kier alpha value is -2.88. The van der Waals surface area contributed by atoms with Crippen LogP contribution in [0, 0.1) is 17.8 Å². The zero-order valence-corrected chi connectivity index (χ0v) is 18.9. The maximum absolute atomic E-state index is 6.39. The van der Waals surface area contributed by atoms with Crippen LogP contribution in [0.5, 0.6) is 0 Å². The number of piperidine rings is 1. The highest BCUT2D eigenvalue weighted by Gasteiger charge is 2.15. The van der Waals surface area contributed by atoms with E-state index < -0.39 is 0 Å². The fourth-order valence-corrected chi connectivity index (χ4v) is 4.13. The Balaban J connectivity index is 1.57. The monoisotopic (exact) mass is 431 g/mol. The van der Waals surface area contributed by atoms with Gasteiger partial charge in [0.25, 0.3) is 0 Å². The number of anilines is 1. The molecule has 0 atom stereocenters. The molecule has 2 aromatic heterocycles. The highest BCUT2D eigenvalue weighted by atomic mass is 16.5. The molecule has 0 aliphatic carbocycles. The lowest BCUT2D eigenvalue weighted by molar-refractivity contribution is 0.0668. The van der Waals surface area contributed by atoms with Gasteiger partial charge in [0.15, 0.2) is 5.82 Å². The zero-order chi connectivity index (χ0) is 22.2. The number of nitrogens with zero attached hydrogens (tertiary/aromatic N) is 3. The van der Waals surface area contributed by atoms with E-state index in [2.05, 4.69) is 41.2 Å². The highest BCUT2D eigenvalue weighted by Crippen LogP contribution is 2.25. The molecule has 1 saturated heterocycles. The van der Waals surface area contributed by atoms with Crippen molar-refractivity contribution in [3.05, 3.63) is 53.5 Å². The average molecular weight is 432 g/mol. The molecule has 168 valence electrons. The van der Waals surface area contributed by atoms with E-state index >= 15 is 0 Å². The van der Waals surface area contributed by atoms with Crippen molar-refractivity contribution in [2.24, 2.45) is 5.92 Å². The zero-order valence-electron chi connectivity index (χ0n) is 18.9. The molecule has 1 fully saturated rings. The number of nitrogens with two attached hydrogens (primary N) is 1. The van der Waals surface area contributed by atoms with Gasteiger partial charge in [0.05, 0.1) is 12.2 Å². The number of nitrogens with one attached hydrogen (secondary N) is 1. The van der Waals surface area contributed by atoms with E-state index in [-0.39, 0.29) is 0 Å². The summed E-state index contributed by atoms with van der Waals surface area (Å²) in [5, 5.41) is 3.41. The van der Waals surface area contributed by atoms with Crippen LogP contribution in [0.25, 0.3) is 11.0 Å². The van der Waals surface area contributed by atoms with E-state index in [1.165, 1.54) is 12.8 Å². The van der Waals surface area contributed by atoms with E-state index in [0.29, 0.717) is 25.1 Å². The maximum atomic E-state index is 6.39. The van der Waals surface area contributed by atoms with Crippen molar-refractivity contribution >= 4 is 16.9 Å². The predicted molar refractivity (Wildman–Crippen MR) is 129 cm³/mol. The molecule has 0 spiro atoms. The Morgan fingerprint density at radius 1 is 1.19 bits per heavy atom. The van der Waals surface area contributed by atoms with Gasteiger partial charge in [-0.05, 0) is 43.8 Å². The van der Waals surface area contributed by atoms with Gasteiger partial charge < -0.3 is 20.4 Å². The minimum Gasteiger partial charge on any atom is -0.382 e. The third kappa shape index (κ3) is 5.67. The van der Waals surface area contributed by atoms with Crippen molar-refractivity contribution in [2.45, 2.75) is 58.8 Å². The number of nitrogen functional groups attached to an aromatic ring is 1. The molecule has 32 heavy (non-hydrogen) atoms. The molecule has 3 N–H and O–H groups in total.